The third kappa shape index (κ3) is 7.87. The summed E-state index contributed by atoms with van der Waals surface area (Å²) < 4.78 is 0. The second-order valence-corrected chi connectivity index (χ2v) is 7.65. The molecule has 0 spiro atoms. The minimum atomic E-state index is -0.00518. The van der Waals surface area contributed by atoms with Crippen molar-refractivity contribution in [3.05, 3.63) is 30.3 Å². The van der Waals surface area contributed by atoms with Crippen molar-refractivity contribution in [2.24, 2.45) is 0 Å². The van der Waals surface area contributed by atoms with Gasteiger partial charge in [0.15, 0.2) is 0 Å². The van der Waals surface area contributed by atoms with Gasteiger partial charge in [-0.1, -0.05) is 18.2 Å². The molecule has 27 heavy (non-hydrogen) atoms. The summed E-state index contributed by atoms with van der Waals surface area (Å²) in [6.45, 7) is 4.28. The van der Waals surface area contributed by atoms with Crippen molar-refractivity contribution in [2.75, 3.05) is 56.1 Å². The van der Waals surface area contributed by atoms with Gasteiger partial charge in [0.1, 0.15) is 0 Å². The van der Waals surface area contributed by atoms with Crippen LogP contribution in [0.5, 0.6) is 0 Å². The Morgan fingerprint density at radius 3 is 2.44 bits per heavy atom. The van der Waals surface area contributed by atoms with Crippen molar-refractivity contribution in [1.29, 1.82) is 0 Å². The number of carbonyl (C=O) groups is 2. The van der Waals surface area contributed by atoms with E-state index >= 15 is 0 Å². The largest absolute Gasteiger partial charge is 0.340 e. The van der Waals surface area contributed by atoms with Crippen LogP contribution in [0.2, 0.25) is 0 Å². The predicted molar refractivity (Wildman–Crippen MR) is 116 cm³/mol. The maximum Gasteiger partial charge on any atom is 0.238 e. The summed E-state index contributed by atoms with van der Waals surface area (Å²) in [5, 5.41) is 6.32. The number of rotatable bonds is 5. The molecule has 1 aromatic rings. The lowest BCUT2D eigenvalue weighted by Crippen LogP contribution is -2.52. The van der Waals surface area contributed by atoms with E-state index in [4.69, 9.17) is 0 Å². The van der Waals surface area contributed by atoms with E-state index in [-0.39, 0.29) is 36.6 Å². The summed E-state index contributed by atoms with van der Waals surface area (Å²) in [5.74, 6) is 2.38. The zero-order valence-electron chi connectivity index (χ0n) is 15.3. The Bertz CT molecular complexity index is 580. The average Bonchev–Trinajstić information content (AvgIpc) is 2.64. The minimum Gasteiger partial charge on any atom is -0.340 e. The van der Waals surface area contributed by atoms with Crippen molar-refractivity contribution in [2.45, 2.75) is 12.5 Å². The van der Waals surface area contributed by atoms with E-state index in [0.29, 0.717) is 32.1 Å². The molecule has 2 amide bonds. The smallest absolute Gasteiger partial charge is 0.238 e. The van der Waals surface area contributed by atoms with Crippen LogP contribution in [0.25, 0.3) is 0 Å². The fourth-order valence-corrected chi connectivity index (χ4v) is 4.12. The Labute approximate surface area is 177 Å². The molecule has 2 fully saturated rings. The molecule has 152 valence electrons. The number of thioether (sulfide) groups is 1. The topological polar surface area (TPSA) is 64.7 Å². The molecule has 6 nitrogen and oxygen atoms in total. The van der Waals surface area contributed by atoms with Crippen molar-refractivity contribution in [3.8, 4) is 0 Å². The third-order valence-electron chi connectivity index (χ3n) is 4.57. The van der Waals surface area contributed by atoms with Crippen LogP contribution < -0.4 is 10.6 Å². The van der Waals surface area contributed by atoms with Crippen LogP contribution in [0.1, 0.15) is 6.42 Å². The van der Waals surface area contributed by atoms with Gasteiger partial charge in [-0.3, -0.25) is 14.5 Å². The molecule has 1 atom stereocenters. The van der Waals surface area contributed by atoms with Gasteiger partial charge < -0.3 is 15.5 Å². The summed E-state index contributed by atoms with van der Waals surface area (Å²) >= 11 is 1.91. The minimum absolute atomic E-state index is 0. The van der Waals surface area contributed by atoms with Gasteiger partial charge in [-0.25, -0.2) is 0 Å². The number of piperazine rings is 1. The molecule has 1 aromatic carbocycles. The van der Waals surface area contributed by atoms with Crippen LogP contribution in [0.3, 0.4) is 0 Å². The van der Waals surface area contributed by atoms with Gasteiger partial charge in [0.2, 0.25) is 11.8 Å². The Hall–Kier alpha value is -0.990. The fraction of sp³-hybridized carbons (Fsp3) is 0.556. The number of amides is 2. The Morgan fingerprint density at radius 2 is 1.81 bits per heavy atom. The number of halogens is 2. The first-order valence-electron chi connectivity index (χ1n) is 8.87. The van der Waals surface area contributed by atoms with Crippen molar-refractivity contribution >= 4 is 54.1 Å². The average molecular weight is 435 g/mol. The molecule has 2 aliphatic rings. The summed E-state index contributed by atoms with van der Waals surface area (Å²) in [4.78, 5) is 28.6. The lowest BCUT2D eigenvalue weighted by Gasteiger charge is -2.35. The molecule has 2 N–H and O–H groups in total. The molecule has 2 aliphatic heterocycles. The van der Waals surface area contributed by atoms with Crippen LogP contribution in [0, 0.1) is 0 Å². The number of para-hydroxylation sites is 1. The number of nitrogens with one attached hydrogen (secondary N) is 2. The molecular weight excluding hydrogens is 407 g/mol. The number of hydrogen-bond donors (Lipinski definition) is 2. The van der Waals surface area contributed by atoms with E-state index in [9.17, 15) is 9.59 Å². The van der Waals surface area contributed by atoms with Gasteiger partial charge >= 0.3 is 0 Å². The number of anilines is 1. The zero-order chi connectivity index (χ0) is 17.5. The summed E-state index contributed by atoms with van der Waals surface area (Å²) in [7, 11) is 0. The van der Waals surface area contributed by atoms with E-state index in [1.165, 1.54) is 0 Å². The van der Waals surface area contributed by atoms with E-state index in [0.717, 1.165) is 36.8 Å². The summed E-state index contributed by atoms with van der Waals surface area (Å²) in [6, 6.07) is 9.80. The molecule has 9 heteroatoms. The standard InChI is InChI=1S/C18H26N4O2S.2ClH/c23-17(20-15-4-2-1-3-5-15)13-21-7-9-22(10-8-21)18(24)12-16-14-25-11-6-19-16;;/h1-5,16,19H,6-14H2,(H,20,23);2*1H. The van der Waals surface area contributed by atoms with Gasteiger partial charge in [-0.05, 0) is 12.1 Å². The molecule has 0 radical (unpaired) electrons. The maximum atomic E-state index is 12.4. The Morgan fingerprint density at radius 1 is 1.11 bits per heavy atom. The molecule has 0 saturated carbocycles. The zero-order valence-corrected chi connectivity index (χ0v) is 17.7. The molecule has 3 rings (SSSR count). The number of benzene rings is 1. The highest BCUT2D eigenvalue weighted by Crippen LogP contribution is 2.13. The Balaban J connectivity index is 0.00000182. The van der Waals surface area contributed by atoms with Gasteiger partial charge in [-0.2, -0.15) is 11.8 Å². The second-order valence-electron chi connectivity index (χ2n) is 6.50. The van der Waals surface area contributed by atoms with Gasteiger partial charge in [0, 0.05) is 62.4 Å². The number of carbonyl (C=O) groups excluding carboxylic acids is 2. The third-order valence-corrected chi connectivity index (χ3v) is 5.70. The molecule has 2 heterocycles. The van der Waals surface area contributed by atoms with Crippen LogP contribution >= 0.6 is 36.6 Å². The first kappa shape index (κ1) is 24.0. The number of nitrogens with zero attached hydrogens (tertiary/aromatic N) is 2. The van der Waals surface area contributed by atoms with E-state index in [2.05, 4.69) is 15.5 Å². The van der Waals surface area contributed by atoms with Crippen molar-refractivity contribution in [1.82, 2.24) is 15.1 Å². The molecular formula is C18H28Cl2N4O2S. The number of hydrogen-bond acceptors (Lipinski definition) is 5. The fourth-order valence-electron chi connectivity index (χ4n) is 3.17. The van der Waals surface area contributed by atoms with Crippen molar-refractivity contribution in [3.63, 3.8) is 0 Å². The lowest BCUT2D eigenvalue weighted by molar-refractivity contribution is -0.133. The van der Waals surface area contributed by atoms with E-state index < -0.39 is 0 Å². The van der Waals surface area contributed by atoms with Crippen LogP contribution in [0.15, 0.2) is 30.3 Å². The van der Waals surface area contributed by atoms with Crippen LogP contribution in [0.4, 0.5) is 5.69 Å². The van der Waals surface area contributed by atoms with E-state index in [1.54, 1.807) is 0 Å². The highest BCUT2D eigenvalue weighted by molar-refractivity contribution is 7.99. The maximum absolute atomic E-state index is 12.4. The Kier molecular flexibility index (Phi) is 11.1. The molecule has 0 bridgehead atoms. The van der Waals surface area contributed by atoms with Crippen LogP contribution in [-0.4, -0.2) is 78.4 Å². The first-order chi connectivity index (χ1) is 12.2. The van der Waals surface area contributed by atoms with Gasteiger partial charge in [0.05, 0.1) is 6.54 Å². The SMILES string of the molecule is Cl.Cl.O=C(CN1CCN(C(=O)CC2CSCCN2)CC1)Nc1ccccc1. The van der Waals surface area contributed by atoms with Crippen molar-refractivity contribution < 1.29 is 9.59 Å². The summed E-state index contributed by atoms with van der Waals surface area (Å²) in [5.41, 5.74) is 0.819. The monoisotopic (exact) mass is 434 g/mol. The van der Waals surface area contributed by atoms with Gasteiger partial charge in [0.25, 0.3) is 0 Å². The highest BCUT2D eigenvalue weighted by Gasteiger charge is 2.25. The quantitative estimate of drug-likeness (QED) is 0.738. The normalized spacial score (nSPS) is 20.1. The van der Waals surface area contributed by atoms with E-state index in [1.807, 2.05) is 47.0 Å². The molecule has 1 unspecified atom stereocenters. The second kappa shape index (κ2) is 12.5. The molecule has 2 saturated heterocycles. The predicted octanol–water partition coefficient (Wildman–Crippen LogP) is 1.71. The lowest BCUT2D eigenvalue weighted by atomic mass is 10.2. The molecule has 0 aromatic heterocycles. The van der Waals surface area contributed by atoms with Crippen LogP contribution in [-0.2, 0) is 9.59 Å². The first-order valence-corrected chi connectivity index (χ1v) is 10.0. The van der Waals surface area contributed by atoms with Gasteiger partial charge in [-0.15, -0.1) is 24.8 Å². The summed E-state index contributed by atoms with van der Waals surface area (Å²) in [6.07, 6.45) is 0.585. The molecule has 0 aliphatic carbocycles. The highest BCUT2D eigenvalue weighted by atomic mass is 35.5.